The molecule has 0 aliphatic rings. The van der Waals surface area contributed by atoms with Gasteiger partial charge in [0.15, 0.2) is 0 Å². The molecule has 0 saturated heterocycles. The summed E-state index contributed by atoms with van der Waals surface area (Å²) in [7, 11) is 3.85. The van der Waals surface area contributed by atoms with Crippen molar-refractivity contribution in [2.24, 2.45) is 0 Å². The van der Waals surface area contributed by atoms with E-state index in [2.05, 4.69) is 0 Å². The number of nitrogens with zero attached hydrogens (tertiary/aromatic N) is 1. The normalized spacial score (nSPS) is 12.1. The first kappa shape index (κ1) is 17.4. The summed E-state index contributed by atoms with van der Waals surface area (Å²) in [6.07, 6.45) is -6.02. The molecule has 0 aliphatic carbocycles. The quantitative estimate of drug-likeness (QED) is 0.731. The van der Waals surface area contributed by atoms with Gasteiger partial charge in [-0.15, -0.1) is 0 Å². The predicted molar refractivity (Wildman–Crippen MR) is 44.3 cm³/mol. The van der Waals surface area contributed by atoms with Crippen LogP contribution in [-0.4, -0.2) is 60.4 Å². The molecule has 2 N–H and O–H groups in total. The van der Waals surface area contributed by atoms with Crippen LogP contribution in [-0.2, 0) is 4.79 Å². The molecule has 0 fully saturated rings. The molecule has 0 spiro atoms. The Morgan fingerprint density at radius 1 is 1.19 bits per heavy atom. The summed E-state index contributed by atoms with van der Waals surface area (Å²) in [5.74, 6) is -8.84. The highest BCUT2D eigenvalue weighted by Crippen LogP contribution is 2.35. The van der Waals surface area contributed by atoms with Crippen LogP contribution in [0, 0.1) is 0 Å². The van der Waals surface area contributed by atoms with Crippen molar-refractivity contribution in [1.82, 2.24) is 4.90 Å². The third kappa shape index (κ3) is 6.51. The van der Waals surface area contributed by atoms with Crippen LogP contribution in [0.25, 0.3) is 0 Å². The molecular formula is C7H12F5NO3. The number of halogens is 5. The SMILES string of the molecule is CN(C)CCO.O=C(O)C(F)(F)C(F)(F)F. The zero-order chi connectivity index (χ0) is 13.6. The van der Waals surface area contributed by atoms with Crippen molar-refractivity contribution in [1.29, 1.82) is 0 Å². The summed E-state index contributed by atoms with van der Waals surface area (Å²) >= 11 is 0. The maximum atomic E-state index is 11.3. The number of rotatable bonds is 3. The zero-order valence-corrected chi connectivity index (χ0v) is 8.55. The highest BCUT2D eigenvalue weighted by Gasteiger charge is 2.64. The van der Waals surface area contributed by atoms with Gasteiger partial charge in [-0.3, -0.25) is 0 Å². The molecular weight excluding hydrogens is 241 g/mol. The number of aliphatic carboxylic acids is 1. The van der Waals surface area contributed by atoms with E-state index in [4.69, 9.17) is 10.2 Å². The molecule has 0 rings (SSSR count). The summed E-state index contributed by atoms with van der Waals surface area (Å²) < 4.78 is 55.5. The lowest BCUT2D eigenvalue weighted by Gasteiger charge is -2.13. The van der Waals surface area contributed by atoms with Gasteiger partial charge in [0.2, 0.25) is 0 Å². The fourth-order valence-corrected chi connectivity index (χ4v) is 0.321. The minimum absolute atomic E-state index is 0.257. The van der Waals surface area contributed by atoms with Crippen LogP contribution in [0.1, 0.15) is 0 Å². The number of hydrogen-bond donors (Lipinski definition) is 2. The number of likely N-dealkylation sites (N-methyl/N-ethyl adjacent to an activating group) is 1. The second kappa shape index (κ2) is 6.59. The van der Waals surface area contributed by atoms with Crippen LogP contribution in [0.2, 0.25) is 0 Å². The van der Waals surface area contributed by atoms with Gasteiger partial charge in [-0.05, 0) is 14.1 Å². The molecule has 0 unspecified atom stereocenters. The zero-order valence-electron chi connectivity index (χ0n) is 8.55. The monoisotopic (exact) mass is 253 g/mol. The van der Waals surface area contributed by atoms with Gasteiger partial charge in [-0.2, -0.15) is 22.0 Å². The van der Waals surface area contributed by atoms with Crippen LogP contribution < -0.4 is 0 Å². The van der Waals surface area contributed by atoms with Crippen molar-refractivity contribution in [3.05, 3.63) is 0 Å². The van der Waals surface area contributed by atoms with Crippen molar-refractivity contribution in [2.75, 3.05) is 27.2 Å². The van der Waals surface area contributed by atoms with Gasteiger partial charge in [-0.1, -0.05) is 0 Å². The summed E-state index contributed by atoms with van der Waals surface area (Å²) in [6.45, 7) is 1.02. The highest BCUT2D eigenvalue weighted by atomic mass is 19.4. The van der Waals surface area contributed by atoms with E-state index in [1.807, 2.05) is 19.0 Å². The van der Waals surface area contributed by atoms with E-state index >= 15 is 0 Å². The Labute approximate surface area is 88.3 Å². The van der Waals surface area contributed by atoms with Gasteiger partial charge in [-0.25, -0.2) is 4.79 Å². The Hall–Kier alpha value is -0.960. The smallest absolute Gasteiger partial charge is 0.465 e. The lowest BCUT2D eigenvalue weighted by Crippen LogP contribution is -2.43. The Bertz CT molecular complexity index is 217. The van der Waals surface area contributed by atoms with Crippen molar-refractivity contribution in [3.8, 4) is 0 Å². The molecule has 4 nitrogen and oxygen atoms in total. The molecule has 98 valence electrons. The molecule has 0 amide bonds. The fourth-order valence-electron chi connectivity index (χ4n) is 0.321. The van der Waals surface area contributed by atoms with Crippen LogP contribution in [0.5, 0.6) is 0 Å². The number of alkyl halides is 5. The second-order valence-corrected chi connectivity index (χ2v) is 2.90. The molecule has 0 heterocycles. The number of carboxylic acid groups (broad SMARTS) is 1. The number of hydrogen-bond acceptors (Lipinski definition) is 3. The molecule has 0 bridgehead atoms. The van der Waals surface area contributed by atoms with E-state index < -0.39 is 18.1 Å². The van der Waals surface area contributed by atoms with Crippen molar-refractivity contribution in [2.45, 2.75) is 12.1 Å². The number of aliphatic hydroxyl groups excluding tert-OH is 1. The minimum Gasteiger partial charge on any atom is -0.477 e. The third-order valence-electron chi connectivity index (χ3n) is 1.17. The van der Waals surface area contributed by atoms with Crippen molar-refractivity contribution >= 4 is 5.97 Å². The molecule has 0 aliphatic heterocycles. The van der Waals surface area contributed by atoms with Gasteiger partial charge in [0, 0.05) is 6.54 Å². The Balaban J connectivity index is 0. The van der Waals surface area contributed by atoms with Crippen LogP contribution in [0.4, 0.5) is 22.0 Å². The Morgan fingerprint density at radius 2 is 1.56 bits per heavy atom. The maximum Gasteiger partial charge on any atom is 0.465 e. The van der Waals surface area contributed by atoms with E-state index in [0.29, 0.717) is 0 Å². The number of carboxylic acids is 1. The summed E-state index contributed by atoms with van der Waals surface area (Å²) in [4.78, 5) is 11.1. The maximum absolute atomic E-state index is 11.3. The van der Waals surface area contributed by atoms with E-state index in [1.54, 1.807) is 0 Å². The predicted octanol–water partition coefficient (Wildman–Crippen LogP) is 0.809. The standard InChI is InChI=1S/C4H11NO.C3HF5O2/c1-5(2)3-4-6;4-2(5,1(9)10)3(6,7)8/h6H,3-4H2,1-2H3;(H,9,10). The lowest BCUT2D eigenvalue weighted by atomic mass is 10.3. The van der Waals surface area contributed by atoms with Crippen LogP contribution in [0.3, 0.4) is 0 Å². The molecule has 0 saturated carbocycles. The topological polar surface area (TPSA) is 60.8 Å². The van der Waals surface area contributed by atoms with E-state index in [9.17, 15) is 26.7 Å². The first-order valence-corrected chi connectivity index (χ1v) is 3.90. The Morgan fingerprint density at radius 3 is 1.56 bits per heavy atom. The van der Waals surface area contributed by atoms with Crippen LogP contribution >= 0.6 is 0 Å². The van der Waals surface area contributed by atoms with Crippen LogP contribution in [0.15, 0.2) is 0 Å². The average Bonchev–Trinajstić information content (AvgIpc) is 2.02. The van der Waals surface area contributed by atoms with Gasteiger partial charge >= 0.3 is 18.1 Å². The molecule has 0 aromatic rings. The first-order valence-electron chi connectivity index (χ1n) is 3.90. The second-order valence-electron chi connectivity index (χ2n) is 2.90. The van der Waals surface area contributed by atoms with Gasteiger partial charge in [0.1, 0.15) is 0 Å². The summed E-state index contributed by atoms with van der Waals surface area (Å²) in [5.41, 5.74) is 0. The lowest BCUT2D eigenvalue weighted by molar-refractivity contribution is -0.277. The van der Waals surface area contributed by atoms with Gasteiger partial charge in [0.05, 0.1) is 6.61 Å². The van der Waals surface area contributed by atoms with E-state index in [-0.39, 0.29) is 6.61 Å². The van der Waals surface area contributed by atoms with E-state index in [0.717, 1.165) is 6.54 Å². The number of carbonyl (C=O) groups is 1. The molecule has 0 radical (unpaired) electrons. The van der Waals surface area contributed by atoms with Gasteiger partial charge in [0.25, 0.3) is 0 Å². The third-order valence-corrected chi connectivity index (χ3v) is 1.17. The molecule has 0 aromatic carbocycles. The largest absolute Gasteiger partial charge is 0.477 e. The first-order chi connectivity index (χ1) is 6.96. The summed E-state index contributed by atoms with van der Waals surface area (Å²) in [5, 5.41) is 15.5. The minimum atomic E-state index is -6.02. The average molecular weight is 253 g/mol. The van der Waals surface area contributed by atoms with E-state index in [1.165, 1.54) is 0 Å². The molecule has 16 heavy (non-hydrogen) atoms. The van der Waals surface area contributed by atoms with Crippen molar-refractivity contribution < 1.29 is 37.0 Å². The highest BCUT2D eigenvalue weighted by molar-refractivity contribution is 5.76. The molecule has 0 aromatic heterocycles. The number of aliphatic hydroxyl groups is 1. The summed E-state index contributed by atoms with van der Waals surface area (Å²) in [6, 6.07) is 0. The fraction of sp³-hybridized carbons (Fsp3) is 0.857. The van der Waals surface area contributed by atoms with Crippen molar-refractivity contribution in [3.63, 3.8) is 0 Å². The molecule has 9 heteroatoms. The Kier molecular flexibility index (Phi) is 7.18. The molecule has 0 atom stereocenters. The van der Waals surface area contributed by atoms with Gasteiger partial charge < -0.3 is 15.1 Å².